The van der Waals surface area contributed by atoms with E-state index in [1.165, 1.54) is 13.2 Å². The maximum atomic E-state index is 12.6. The van der Waals surface area contributed by atoms with Crippen LogP contribution in [0.1, 0.15) is 23.6 Å². The average molecular weight is 312 g/mol. The number of alkyl halides is 3. The zero-order chi connectivity index (χ0) is 14.0. The van der Waals surface area contributed by atoms with E-state index in [0.717, 1.165) is 12.1 Å². The number of benzene rings is 1. The number of hydrogen-bond acceptors (Lipinski definition) is 3. The molecule has 1 atom stereocenters. The molecule has 112 valence electrons. The van der Waals surface area contributed by atoms with Gasteiger partial charge in [0.15, 0.2) is 0 Å². The average Bonchev–Trinajstić information content (AvgIpc) is 2.37. The van der Waals surface area contributed by atoms with Crippen molar-refractivity contribution in [2.45, 2.75) is 18.6 Å². The number of rotatable bonds is 2. The molecule has 1 amide bonds. The Morgan fingerprint density at radius 2 is 2.10 bits per heavy atom. The Hall–Kier alpha value is -1.63. The molecule has 0 unspecified atom stereocenters. The third-order valence-electron chi connectivity index (χ3n) is 2.87. The summed E-state index contributed by atoms with van der Waals surface area (Å²) in [4.78, 5) is 11.1. The van der Waals surface area contributed by atoms with Gasteiger partial charge in [-0.05, 0) is 12.1 Å². The predicted octanol–water partition coefficient (Wildman–Crippen LogP) is 3.31. The number of carbonyl (C=O) groups excluding carboxylic acids is 1. The minimum absolute atomic E-state index is 0. The summed E-state index contributed by atoms with van der Waals surface area (Å²) in [7, 11) is 1.29. The van der Waals surface area contributed by atoms with E-state index in [1.54, 1.807) is 0 Å². The highest BCUT2D eigenvalue weighted by atomic mass is 35.5. The minimum atomic E-state index is -4.43. The predicted molar refractivity (Wildman–Crippen MR) is 67.1 cm³/mol. The molecule has 20 heavy (non-hydrogen) atoms. The molecular weight excluding hydrogens is 299 g/mol. The molecule has 0 saturated carbocycles. The summed E-state index contributed by atoms with van der Waals surface area (Å²) in [5, 5.41) is 2.54. The molecule has 8 heteroatoms. The molecule has 0 bridgehead atoms. The van der Waals surface area contributed by atoms with Gasteiger partial charge in [-0.2, -0.15) is 13.2 Å². The number of hydrogen-bond donors (Lipinski definition) is 1. The van der Waals surface area contributed by atoms with E-state index in [-0.39, 0.29) is 24.8 Å². The van der Waals surface area contributed by atoms with Gasteiger partial charge >= 0.3 is 12.3 Å². The van der Waals surface area contributed by atoms with Crippen molar-refractivity contribution in [1.29, 1.82) is 0 Å². The molecule has 0 spiro atoms. The van der Waals surface area contributed by atoms with Gasteiger partial charge in [0.25, 0.3) is 0 Å². The highest BCUT2D eigenvalue weighted by Crippen LogP contribution is 2.36. The molecule has 1 heterocycles. The number of ether oxygens (including phenoxy) is 2. The number of alkyl carbamates (subject to hydrolysis) is 1. The second kappa shape index (κ2) is 6.21. The fourth-order valence-corrected chi connectivity index (χ4v) is 1.93. The summed E-state index contributed by atoms with van der Waals surface area (Å²) >= 11 is 0. The summed E-state index contributed by atoms with van der Waals surface area (Å²) in [6, 6.07) is 2.81. The molecule has 1 aliphatic heterocycles. The molecule has 0 aliphatic carbocycles. The van der Waals surface area contributed by atoms with Crippen LogP contribution in [0.4, 0.5) is 18.0 Å². The van der Waals surface area contributed by atoms with Crippen LogP contribution in [0.3, 0.4) is 0 Å². The second-order valence-electron chi connectivity index (χ2n) is 4.08. The van der Waals surface area contributed by atoms with Crippen LogP contribution in [0.2, 0.25) is 0 Å². The van der Waals surface area contributed by atoms with Gasteiger partial charge < -0.3 is 14.8 Å². The first kappa shape index (κ1) is 16.4. The molecule has 1 aromatic rings. The Bertz CT molecular complexity index is 493. The van der Waals surface area contributed by atoms with Gasteiger partial charge in [-0.15, -0.1) is 12.4 Å². The lowest BCUT2D eigenvalue weighted by Crippen LogP contribution is -2.35. The maximum Gasteiger partial charge on any atom is 0.416 e. The fourth-order valence-electron chi connectivity index (χ4n) is 1.93. The number of nitrogens with one attached hydrogen (secondary N) is 1. The number of methoxy groups -OCH3 is 1. The SMILES string of the molecule is COc1cc(C(F)(F)F)ccc1[C@H]1CCOC(=O)N1.Cl. The Balaban J connectivity index is 0.00000200. The van der Waals surface area contributed by atoms with E-state index in [2.05, 4.69) is 5.32 Å². The van der Waals surface area contributed by atoms with Gasteiger partial charge in [-0.25, -0.2) is 4.79 Å². The van der Waals surface area contributed by atoms with Crippen molar-refractivity contribution in [3.8, 4) is 5.75 Å². The van der Waals surface area contributed by atoms with Crippen molar-refractivity contribution in [2.24, 2.45) is 0 Å². The molecule has 1 aromatic carbocycles. The largest absolute Gasteiger partial charge is 0.496 e. The van der Waals surface area contributed by atoms with Crippen molar-refractivity contribution < 1.29 is 27.4 Å². The van der Waals surface area contributed by atoms with E-state index < -0.39 is 23.9 Å². The van der Waals surface area contributed by atoms with Gasteiger partial charge in [-0.1, -0.05) is 6.07 Å². The lowest BCUT2D eigenvalue weighted by molar-refractivity contribution is -0.137. The van der Waals surface area contributed by atoms with Gasteiger partial charge in [0, 0.05) is 12.0 Å². The first-order chi connectivity index (χ1) is 8.91. The standard InChI is InChI=1S/C12H12F3NO3.ClH/c1-18-10-6-7(12(13,14)15)2-3-8(10)9-4-5-19-11(17)16-9;/h2-3,6,9H,4-5H2,1H3,(H,16,17);1H/t9-;/m1./s1. The van der Waals surface area contributed by atoms with Crippen molar-refractivity contribution in [3.63, 3.8) is 0 Å². The molecule has 0 radical (unpaired) electrons. The molecule has 4 nitrogen and oxygen atoms in total. The number of halogens is 4. The Morgan fingerprint density at radius 1 is 1.40 bits per heavy atom. The second-order valence-corrected chi connectivity index (χ2v) is 4.08. The summed E-state index contributed by atoms with van der Waals surface area (Å²) in [6.07, 6.45) is -4.53. The zero-order valence-corrected chi connectivity index (χ0v) is 11.3. The first-order valence-corrected chi connectivity index (χ1v) is 5.60. The summed E-state index contributed by atoms with van der Waals surface area (Å²) in [5.41, 5.74) is -0.279. The van der Waals surface area contributed by atoms with Crippen molar-refractivity contribution >= 4 is 18.5 Å². The van der Waals surface area contributed by atoms with Crippen LogP contribution < -0.4 is 10.1 Å². The Kier molecular flexibility index (Phi) is 5.10. The third-order valence-corrected chi connectivity index (χ3v) is 2.87. The first-order valence-electron chi connectivity index (χ1n) is 5.60. The van der Waals surface area contributed by atoms with E-state index >= 15 is 0 Å². The van der Waals surface area contributed by atoms with Crippen molar-refractivity contribution in [1.82, 2.24) is 5.32 Å². The van der Waals surface area contributed by atoms with Crippen LogP contribution in [0, 0.1) is 0 Å². The van der Waals surface area contributed by atoms with Gasteiger partial charge in [0.1, 0.15) is 5.75 Å². The normalized spacial score (nSPS) is 18.6. The summed E-state index contributed by atoms with van der Waals surface area (Å²) < 4.78 is 47.5. The van der Waals surface area contributed by atoms with Crippen molar-refractivity contribution in [2.75, 3.05) is 13.7 Å². The lowest BCUT2D eigenvalue weighted by Gasteiger charge is -2.25. The number of cyclic esters (lactones) is 1. The van der Waals surface area contributed by atoms with Gasteiger partial charge in [0.2, 0.25) is 0 Å². The maximum absolute atomic E-state index is 12.6. The Labute approximate surface area is 119 Å². The minimum Gasteiger partial charge on any atom is -0.496 e. The highest BCUT2D eigenvalue weighted by Gasteiger charge is 2.32. The molecule has 1 fully saturated rings. The monoisotopic (exact) mass is 311 g/mol. The molecule has 1 saturated heterocycles. The van der Waals surface area contributed by atoms with Gasteiger partial charge in [0.05, 0.1) is 25.3 Å². The van der Waals surface area contributed by atoms with Crippen LogP contribution >= 0.6 is 12.4 Å². The molecule has 1 aliphatic rings. The number of carbonyl (C=O) groups is 1. The molecule has 2 rings (SSSR count). The Morgan fingerprint density at radius 3 is 2.65 bits per heavy atom. The topological polar surface area (TPSA) is 47.6 Å². The van der Waals surface area contributed by atoms with Crippen LogP contribution in [0.15, 0.2) is 18.2 Å². The fraction of sp³-hybridized carbons (Fsp3) is 0.417. The highest BCUT2D eigenvalue weighted by molar-refractivity contribution is 5.85. The van der Waals surface area contributed by atoms with Gasteiger partial charge in [-0.3, -0.25) is 0 Å². The summed E-state index contributed by atoms with van der Waals surface area (Å²) in [5.74, 6) is 0.0991. The molecular formula is C12H13ClF3NO3. The van der Waals surface area contributed by atoms with Crippen LogP contribution in [-0.2, 0) is 10.9 Å². The van der Waals surface area contributed by atoms with Crippen molar-refractivity contribution in [3.05, 3.63) is 29.3 Å². The zero-order valence-electron chi connectivity index (χ0n) is 10.5. The summed E-state index contributed by atoms with van der Waals surface area (Å²) in [6.45, 7) is 0.223. The smallest absolute Gasteiger partial charge is 0.416 e. The van der Waals surface area contributed by atoms with E-state index in [1.807, 2.05) is 0 Å². The molecule has 1 N–H and O–H groups in total. The van der Waals surface area contributed by atoms with E-state index in [4.69, 9.17) is 9.47 Å². The van der Waals surface area contributed by atoms with E-state index in [0.29, 0.717) is 12.0 Å². The lowest BCUT2D eigenvalue weighted by atomic mass is 10.00. The van der Waals surface area contributed by atoms with Crippen LogP contribution in [-0.4, -0.2) is 19.8 Å². The van der Waals surface area contributed by atoms with Crippen LogP contribution in [0.25, 0.3) is 0 Å². The van der Waals surface area contributed by atoms with Crippen LogP contribution in [0.5, 0.6) is 5.75 Å². The quantitative estimate of drug-likeness (QED) is 0.911. The number of amides is 1. The van der Waals surface area contributed by atoms with E-state index in [9.17, 15) is 18.0 Å². The third kappa shape index (κ3) is 3.47. The molecule has 0 aromatic heterocycles.